The fourth-order valence-corrected chi connectivity index (χ4v) is 3.65. The summed E-state index contributed by atoms with van der Waals surface area (Å²) in [6, 6.07) is 13.1. The molecule has 2 aromatic carbocycles. The Balaban J connectivity index is 0.00000106. The second kappa shape index (κ2) is 12.3. The first-order chi connectivity index (χ1) is 14.3. The fraction of sp³-hybridized carbons (Fsp3) is 0.348. The van der Waals surface area contributed by atoms with Crippen molar-refractivity contribution in [2.45, 2.75) is 46.8 Å². The first-order valence-corrected chi connectivity index (χ1v) is 10.8. The van der Waals surface area contributed by atoms with Crippen molar-refractivity contribution in [3.8, 4) is 10.4 Å². The molecule has 3 rings (SSSR count). The zero-order chi connectivity index (χ0) is 22.7. The summed E-state index contributed by atoms with van der Waals surface area (Å²) < 4.78 is 39.1. The second-order valence-electron chi connectivity index (χ2n) is 5.88. The van der Waals surface area contributed by atoms with Gasteiger partial charge in [0.1, 0.15) is 0 Å². The molecule has 0 fully saturated rings. The number of halogens is 3. The number of alkyl halides is 3. The maximum atomic E-state index is 12.7. The minimum absolute atomic E-state index is 0.0682. The van der Waals surface area contributed by atoms with Gasteiger partial charge in [0.05, 0.1) is 12.0 Å². The molecule has 0 saturated heterocycles. The van der Waals surface area contributed by atoms with Crippen LogP contribution in [-0.4, -0.2) is 17.6 Å². The van der Waals surface area contributed by atoms with Crippen LogP contribution < -0.4 is 5.32 Å². The number of nitrogens with one attached hydrogen (secondary N) is 1. The summed E-state index contributed by atoms with van der Waals surface area (Å²) in [5, 5.41) is 12.7. The number of hydrogen-bond acceptors (Lipinski definition) is 3. The molecule has 2 N–H and O–H groups in total. The van der Waals surface area contributed by atoms with E-state index in [2.05, 4.69) is 5.32 Å². The molecule has 0 aliphatic rings. The molecule has 0 amide bonds. The molecule has 0 radical (unpaired) electrons. The second-order valence-corrected chi connectivity index (χ2v) is 6.96. The Hall–Kier alpha value is -2.38. The van der Waals surface area contributed by atoms with Crippen LogP contribution in [0.25, 0.3) is 20.5 Å². The summed E-state index contributed by atoms with van der Waals surface area (Å²) in [6.07, 6.45) is -4.26. The van der Waals surface area contributed by atoms with Gasteiger partial charge in [-0.25, -0.2) is 0 Å². The zero-order valence-electron chi connectivity index (χ0n) is 17.6. The number of carboxylic acid groups (broad SMARTS) is 1. The number of thiophene rings is 1. The highest BCUT2D eigenvalue weighted by molar-refractivity contribution is 7.22. The average Bonchev–Trinajstić information content (AvgIpc) is 3.17. The van der Waals surface area contributed by atoms with E-state index in [1.54, 1.807) is 0 Å². The van der Waals surface area contributed by atoms with E-state index in [1.807, 2.05) is 52.0 Å². The van der Waals surface area contributed by atoms with Crippen LogP contribution in [0, 0.1) is 0 Å². The Morgan fingerprint density at radius 2 is 1.63 bits per heavy atom. The molecule has 3 nitrogen and oxygen atoms in total. The highest BCUT2D eigenvalue weighted by Gasteiger charge is 2.30. The number of aliphatic carboxylic acids is 1. The molecule has 0 aliphatic carbocycles. The molecule has 1 heterocycles. The van der Waals surface area contributed by atoms with Gasteiger partial charge in [-0.15, -0.1) is 11.3 Å². The van der Waals surface area contributed by atoms with E-state index in [4.69, 9.17) is 5.11 Å². The number of carbonyl (C=O) groups is 1. The molecule has 7 heteroatoms. The Labute approximate surface area is 179 Å². The van der Waals surface area contributed by atoms with Gasteiger partial charge in [-0.1, -0.05) is 45.9 Å². The SMILES string of the molecule is CC.CC.O=C(O)CCNCc1ccc2sc(-c3ccc(C(F)(F)F)cc3)cc2c1. The zero-order valence-corrected chi connectivity index (χ0v) is 18.5. The Morgan fingerprint density at radius 1 is 1.00 bits per heavy atom. The van der Waals surface area contributed by atoms with Gasteiger partial charge >= 0.3 is 12.1 Å². The van der Waals surface area contributed by atoms with E-state index in [0.717, 1.165) is 38.2 Å². The number of rotatable bonds is 6. The van der Waals surface area contributed by atoms with Crippen molar-refractivity contribution in [3.05, 3.63) is 59.7 Å². The van der Waals surface area contributed by atoms with Gasteiger partial charge in [-0.05, 0) is 46.8 Å². The van der Waals surface area contributed by atoms with Gasteiger partial charge in [-0.3, -0.25) is 4.79 Å². The maximum Gasteiger partial charge on any atom is 0.416 e. The van der Waals surface area contributed by atoms with E-state index in [-0.39, 0.29) is 6.42 Å². The Kier molecular flexibility index (Phi) is 10.6. The smallest absolute Gasteiger partial charge is 0.416 e. The summed E-state index contributed by atoms with van der Waals surface area (Å²) in [5.41, 5.74) is 1.12. The molecular formula is C23H28F3NO2S. The van der Waals surface area contributed by atoms with Crippen molar-refractivity contribution in [1.29, 1.82) is 0 Å². The third-order valence-electron chi connectivity index (χ3n) is 3.92. The lowest BCUT2D eigenvalue weighted by atomic mass is 10.1. The van der Waals surface area contributed by atoms with Crippen molar-refractivity contribution in [1.82, 2.24) is 5.32 Å². The molecule has 0 bridgehead atoms. The van der Waals surface area contributed by atoms with E-state index in [9.17, 15) is 18.0 Å². The van der Waals surface area contributed by atoms with Crippen LogP contribution in [0.1, 0.15) is 45.2 Å². The minimum atomic E-state index is -4.33. The van der Waals surface area contributed by atoms with Gasteiger partial charge in [0.2, 0.25) is 0 Å². The minimum Gasteiger partial charge on any atom is -0.481 e. The van der Waals surface area contributed by atoms with E-state index < -0.39 is 17.7 Å². The van der Waals surface area contributed by atoms with Gasteiger partial charge in [0.15, 0.2) is 0 Å². The van der Waals surface area contributed by atoms with Crippen LogP contribution in [0.4, 0.5) is 13.2 Å². The highest BCUT2D eigenvalue weighted by Crippen LogP contribution is 2.36. The van der Waals surface area contributed by atoms with Gasteiger partial charge in [0, 0.05) is 22.7 Å². The van der Waals surface area contributed by atoms with Crippen molar-refractivity contribution in [2.24, 2.45) is 0 Å². The molecule has 30 heavy (non-hydrogen) atoms. The number of carboxylic acids is 1. The average molecular weight is 440 g/mol. The van der Waals surface area contributed by atoms with Crippen molar-refractivity contribution >= 4 is 27.4 Å². The van der Waals surface area contributed by atoms with Crippen LogP contribution in [0.2, 0.25) is 0 Å². The van der Waals surface area contributed by atoms with Crippen LogP contribution in [-0.2, 0) is 17.5 Å². The third-order valence-corrected chi connectivity index (χ3v) is 5.09. The first kappa shape index (κ1) is 25.7. The summed E-state index contributed by atoms with van der Waals surface area (Å²) in [6.45, 7) is 8.96. The number of benzene rings is 2. The fourth-order valence-electron chi connectivity index (χ4n) is 2.60. The standard InChI is InChI=1S/C19H16F3NO2S.2C2H6/c20-19(21,22)15-4-2-13(3-5-15)17-10-14-9-12(1-6-16(14)26-17)11-23-8-7-18(24)25;2*1-2/h1-6,9-10,23H,7-8,11H2,(H,24,25);2*1-2H3. The van der Waals surface area contributed by atoms with Crippen LogP contribution in [0.15, 0.2) is 48.5 Å². The van der Waals surface area contributed by atoms with Crippen LogP contribution in [0.5, 0.6) is 0 Å². The Bertz CT molecular complexity index is 918. The lowest BCUT2D eigenvalue weighted by Gasteiger charge is -2.06. The van der Waals surface area contributed by atoms with Gasteiger partial charge in [0.25, 0.3) is 0 Å². The number of hydrogen-bond donors (Lipinski definition) is 2. The summed E-state index contributed by atoms with van der Waals surface area (Å²) in [4.78, 5) is 11.4. The Morgan fingerprint density at radius 3 is 2.20 bits per heavy atom. The molecular weight excluding hydrogens is 411 g/mol. The third kappa shape index (κ3) is 7.46. The predicted octanol–water partition coefficient (Wildman–Crippen LogP) is 7.20. The molecule has 1 aromatic heterocycles. The molecule has 0 aliphatic heterocycles. The molecule has 0 unspecified atom stereocenters. The van der Waals surface area contributed by atoms with Gasteiger partial charge < -0.3 is 10.4 Å². The molecule has 3 aromatic rings. The van der Waals surface area contributed by atoms with E-state index >= 15 is 0 Å². The van der Waals surface area contributed by atoms with Crippen molar-refractivity contribution < 1.29 is 23.1 Å². The first-order valence-electron chi connectivity index (χ1n) is 9.95. The molecule has 164 valence electrons. The monoisotopic (exact) mass is 439 g/mol. The van der Waals surface area contributed by atoms with Crippen molar-refractivity contribution in [2.75, 3.05) is 6.54 Å². The van der Waals surface area contributed by atoms with E-state index in [0.29, 0.717) is 13.1 Å². The highest BCUT2D eigenvalue weighted by atomic mass is 32.1. The van der Waals surface area contributed by atoms with Gasteiger partial charge in [-0.2, -0.15) is 13.2 Å². The number of fused-ring (bicyclic) bond motifs is 1. The largest absolute Gasteiger partial charge is 0.481 e. The molecule has 0 spiro atoms. The molecule has 0 saturated carbocycles. The quantitative estimate of drug-likeness (QED) is 0.399. The lowest BCUT2D eigenvalue weighted by Crippen LogP contribution is -2.17. The van der Waals surface area contributed by atoms with E-state index in [1.165, 1.54) is 23.5 Å². The normalized spacial score (nSPS) is 10.6. The summed E-state index contributed by atoms with van der Waals surface area (Å²) >= 11 is 1.53. The molecule has 0 atom stereocenters. The lowest BCUT2D eigenvalue weighted by molar-refractivity contribution is -0.138. The van der Waals surface area contributed by atoms with Crippen LogP contribution >= 0.6 is 11.3 Å². The topological polar surface area (TPSA) is 49.3 Å². The predicted molar refractivity (Wildman–Crippen MR) is 119 cm³/mol. The maximum absolute atomic E-state index is 12.7. The van der Waals surface area contributed by atoms with Crippen molar-refractivity contribution in [3.63, 3.8) is 0 Å². The van der Waals surface area contributed by atoms with Crippen LogP contribution in [0.3, 0.4) is 0 Å². The summed E-state index contributed by atoms with van der Waals surface area (Å²) in [7, 11) is 0. The summed E-state index contributed by atoms with van der Waals surface area (Å²) in [5.74, 6) is -0.841.